The Hall–Kier alpha value is -1.14. The molecule has 20 heavy (non-hydrogen) atoms. The van der Waals surface area contributed by atoms with E-state index in [1.54, 1.807) is 0 Å². The first-order valence-electron chi connectivity index (χ1n) is 6.43. The molecule has 1 aromatic carbocycles. The predicted octanol–water partition coefficient (Wildman–Crippen LogP) is 3.49. The molecule has 2 nitrogen and oxygen atoms in total. The van der Waals surface area contributed by atoms with E-state index < -0.39 is 17.6 Å². The molecule has 1 rings (SSSR count). The molecule has 0 heterocycles. The lowest BCUT2D eigenvalue weighted by molar-refractivity contribution is -0.137. The van der Waals surface area contributed by atoms with Gasteiger partial charge in [0.1, 0.15) is 5.82 Å². The summed E-state index contributed by atoms with van der Waals surface area (Å²) in [6, 6.07) is 2.50. The van der Waals surface area contributed by atoms with Crippen molar-refractivity contribution in [3.63, 3.8) is 0 Å². The van der Waals surface area contributed by atoms with Crippen molar-refractivity contribution in [1.82, 2.24) is 5.32 Å². The fourth-order valence-corrected chi connectivity index (χ4v) is 1.87. The average Bonchev–Trinajstić information content (AvgIpc) is 2.35. The van der Waals surface area contributed by atoms with Gasteiger partial charge >= 0.3 is 6.18 Å². The minimum absolute atomic E-state index is 0.0196. The number of aliphatic hydroxyl groups excluding tert-OH is 1. The summed E-state index contributed by atoms with van der Waals surface area (Å²) in [5.74, 6) is -0.906. The molecule has 0 spiro atoms. The lowest BCUT2D eigenvalue weighted by Crippen LogP contribution is -2.42. The zero-order chi connectivity index (χ0) is 15.4. The van der Waals surface area contributed by atoms with Gasteiger partial charge in [-0.25, -0.2) is 4.39 Å². The first-order chi connectivity index (χ1) is 9.20. The molecule has 1 aromatic rings. The second kappa shape index (κ2) is 6.54. The van der Waals surface area contributed by atoms with Gasteiger partial charge in [0.05, 0.1) is 5.56 Å². The monoisotopic (exact) mass is 293 g/mol. The summed E-state index contributed by atoms with van der Waals surface area (Å²) in [7, 11) is 0. The zero-order valence-corrected chi connectivity index (χ0v) is 11.5. The third-order valence-electron chi connectivity index (χ3n) is 3.45. The van der Waals surface area contributed by atoms with Gasteiger partial charge in [0, 0.05) is 18.7 Å². The van der Waals surface area contributed by atoms with Gasteiger partial charge in [0.25, 0.3) is 0 Å². The zero-order valence-electron chi connectivity index (χ0n) is 11.5. The van der Waals surface area contributed by atoms with Crippen molar-refractivity contribution in [2.75, 3.05) is 6.61 Å². The second-order valence-electron chi connectivity index (χ2n) is 5.09. The molecule has 6 heteroatoms. The Labute approximate surface area is 115 Å². The number of hydrogen-bond acceptors (Lipinski definition) is 2. The molecule has 0 aliphatic carbocycles. The molecule has 0 saturated carbocycles. The topological polar surface area (TPSA) is 32.3 Å². The Morgan fingerprint density at radius 2 is 1.85 bits per heavy atom. The fraction of sp³-hybridized carbons (Fsp3) is 0.571. The van der Waals surface area contributed by atoms with Crippen LogP contribution in [0.2, 0.25) is 0 Å². The van der Waals surface area contributed by atoms with Gasteiger partial charge in [-0.15, -0.1) is 0 Å². The minimum Gasteiger partial charge on any atom is -0.396 e. The minimum atomic E-state index is -4.56. The van der Waals surface area contributed by atoms with Gasteiger partial charge in [-0.05, 0) is 43.5 Å². The van der Waals surface area contributed by atoms with Gasteiger partial charge in [-0.1, -0.05) is 6.92 Å². The molecular formula is C14H19F4NO. The van der Waals surface area contributed by atoms with E-state index in [1.165, 1.54) is 0 Å². The van der Waals surface area contributed by atoms with E-state index in [4.69, 9.17) is 5.11 Å². The molecule has 1 atom stereocenters. The van der Waals surface area contributed by atoms with E-state index in [2.05, 4.69) is 5.32 Å². The average molecular weight is 293 g/mol. The van der Waals surface area contributed by atoms with E-state index in [0.717, 1.165) is 12.1 Å². The number of benzene rings is 1. The van der Waals surface area contributed by atoms with Crippen molar-refractivity contribution in [3.05, 3.63) is 35.1 Å². The fourth-order valence-electron chi connectivity index (χ4n) is 1.87. The summed E-state index contributed by atoms with van der Waals surface area (Å²) in [6.07, 6.45) is -3.38. The van der Waals surface area contributed by atoms with E-state index in [0.29, 0.717) is 18.9 Å². The Morgan fingerprint density at radius 1 is 1.20 bits per heavy atom. The van der Waals surface area contributed by atoms with Gasteiger partial charge < -0.3 is 10.4 Å². The maximum atomic E-state index is 13.2. The highest BCUT2D eigenvalue weighted by molar-refractivity contribution is 5.26. The molecule has 2 N–H and O–H groups in total. The Kier molecular flexibility index (Phi) is 5.53. The van der Waals surface area contributed by atoms with Gasteiger partial charge in [-0.2, -0.15) is 13.2 Å². The highest BCUT2D eigenvalue weighted by atomic mass is 19.4. The van der Waals surface area contributed by atoms with Gasteiger partial charge in [0.15, 0.2) is 0 Å². The summed E-state index contributed by atoms with van der Waals surface area (Å²) in [5, 5.41) is 12.1. The second-order valence-corrected chi connectivity index (χ2v) is 5.09. The molecule has 0 bridgehead atoms. The Bertz CT molecular complexity index is 447. The molecule has 0 aliphatic rings. The molecule has 114 valence electrons. The number of halogens is 4. The Balaban J connectivity index is 2.85. The number of aliphatic hydroxyl groups is 1. The van der Waals surface area contributed by atoms with E-state index in [-0.39, 0.29) is 24.3 Å². The highest BCUT2D eigenvalue weighted by Gasteiger charge is 2.31. The maximum Gasteiger partial charge on any atom is 0.416 e. The van der Waals surface area contributed by atoms with Crippen LogP contribution in [0.5, 0.6) is 0 Å². The third-order valence-corrected chi connectivity index (χ3v) is 3.45. The molecule has 0 amide bonds. The normalized spacial score (nSPS) is 15.2. The first kappa shape index (κ1) is 16.9. The van der Waals surface area contributed by atoms with Crippen LogP contribution < -0.4 is 5.32 Å². The van der Waals surface area contributed by atoms with Crippen LogP contribution in [0.15, 0.2) is 18.2 Å². The molecular weight excluding hydrogens is 274 g/mol. The van der Waals surface area contributed by atoms with Crippen molar-refractivity contribution < 1.29 is 22.7 Å². The van der Waals surface area contributed by atoms with Crippen molar-refractivity contribution in [3.8, 4) is 0 Å². The predicted molar refractivity (Wildman–Crippen MR) is 68.6 cm³/mol. The molecule has 0 aliphatic heterocycles. The Morgan fingerprint density at radius 3 is 2.35 bits per heavy atom. The molecule has 0 saturated heterocycles. The van der Waals surface area contributed by atoms with Crippen LogP contribution in [0, 0.1) is 5.82 Å². The largest absolute Gasteiger partial charge is 0.416 e. The summed E-state index contributed by atoms with van der Waals surface area (Å²) < 4.78 is 51.0. The standard InChI is InChI=1S/C14H19F4NO/c1-3-13(2,4-5-20)19-9-10-6-11(14(16,17)18)8-12(15)7-10/h6-8,19-20H,3-5,9H2,1-2H3. The lowest BCUT2D eigenvalue weighted by Gasteiger charge is -2.29. The van der Waals surface area contributed by atoms with Crippen LogP contribution >= 0.6 is 0 Å². The van der Waals surface area contributed by atoms with E-state index >= 15 is 0 Å². The number of hydrogen-bond donors (Lipinski definition) is 2. The van der Waals surface area contributed by atoms with Gasteiger partial charge in [-0.3, -0.25) is 0 Å². The lowest BCUT2D eigenvalue weighted by atomic mass is 9.94. The number of rotatable bonds is 6. The molecule has 0 radical (unpaired) electrons. The summed E-state index contributed by atoms with van der Waals surface area (Å²) in [5.41, 5.74) is -1.15. The van der Waals surface area contributed by atoms with Crippen molar-refractivity contribution in [2.24, 2.45) is 0 Å². The van der Waals surface area contributed by atoms with Crippen LogP contribution in [-0.4, -0.2) is 17.3 Å². The van der Waals surface area contributed by atoms with Crippen molar-refractivity contribution in [1.29, 1.82) is 0 Å². The maximum absolute atomic E-state index is 13.2. The van der Waals surface area contributed by atoms with Crippen LogP contribution in [0.3, 0.4) is 0 Å². The van der Waals surface area contributed by atoms with Crippen LogP contribution in [0.4, 0.5) is 17.6 Å². The third kappa shape index (κ3) is 4.76. The summed E-state index contributed by atoms with van der Waals surface area (Å²) in [4.78, 5) is 0. The van der Waals surface area contributed by atoms with Crippen LogP contribution in [0.1, 0.15) is 37.8 Å². The van der Waals surface area contributed by atoms with Gasteiger partial charge in [0.2, 0.25) is 0 Å². The summed E-state index contributed by atoms with van der Waals surface area (Å²) >= 11 is 0. The quantitative estimate of drug-likeness (QED) is 0.787. The van der Waals surface area contributed by atoms with Crippen molar-refractivity contribution >= 4 is 0 Å². The highest BCUT2D eigenvalue weighted by Crippen LogP contribution is 2.30. The first-order valence-corrected chi connectivity index (χ1v) is 6.43. The molecule has 1 unspecified atom stereocenters. The SMILES string of the molecule is CCC(C)(CCO)NCc1cc(F)cc(C(F)(F)F)c1. The molecule has 0 aromatic heterocycles. The van der Waals surface area contributed by atoms with Crippen LogP contribution in [0.25, 0.3) is 0 Å². The van der Waals surface area contributed by atoms with Crippen molar-refractivity contribution in [2.45, 2.75) is 44.9 Å². The molecule has 0 fully saturated rings. The smallest absolute Gasteiger partial charge is 0.396 e. The van der Waals surface area contributed by atoms with Crippen LogP contribution in [-0.2, 0) is 12.7 Å². The summed E-state index contributed by atoms with van der Waals surface area (Å²) in [6.45, 7) is 3.88. The van der Waals surface area contributed by atoms with E-state index in [9.17, 15) is 17.6 Å². The van der Waals surface area contributed by atoms with E-state index in [1.807, 2.05) is 13.8 Å². The number of nitrogens with one attached hydrogen (secondary N) is 1. The number of alkyl halides is 3.